The highest BCUT2D eigenvalue weighted by Gasteiger charge is 2.32. The molecule has 0 bridgehead atoms. The highest BCUT2D eigenvalue weighted by Crippen LogP contribution is 2.22. The Hall–Kier alpha value is -2.91. The van der Waals surface area contributed by atoms with E-state index in [1.54, 1.807) is 6.20 Å². The summed E-state index contributed by atoms with van der Waals surface area (Å²) in [6, 6.07) is 10.4. The second-order valence-electron chi connectivity index (χ2n) is 7.94. The fourth-order valence-electron chi connectivity index (χ4n) is 3.52. The average molecular weight is 393 g/mol. The molecular formula is C23H27N3O3. The highest BCUT2D eigenvalue weighted by atomic mass is 16.5. The van der Waals surface area contributed by atoms with Crippen LogP contribution in [-0.2, 0) is 24.2 Å². The summed E-state index contributed by atoms with van der Waals surface area (Å²) in [7, 11) is 0. The van der Waals surface area contributed by atoms with Crippen LogP contribution in [0.3, 0.4) is 0 Å². The first-order valence-electron chi connectivity index (χ1n) is 9.95. The quantitative estimate of drug-likeness (QED) is 0.740. The number of carbonyl (C=O) groups is 1. The van der Waals surface area contributed by atoms with Gasteiger partial charge in [-0.05, 0) is 56.4 Å². The van der Waals surface area contributed by atoms with E-state index in [9.17, 15) is 10.1 Å². The number of rotatable bonds is 8. The number of aryl methyl sites for hydroxylation is 3. The van der Waals surface area contributed by atoms with Gasteiger partial charge in [-0.25, -0.2) is 0 Å². The van der Waals surface area contributed by atoms with Gasteiger partial charge in [-0.3, -0.25) is 14.7 Å². The van der Waals surface area contributed by atoms with Crippen molar-refractivity contribution in [3.8, 4) is 11.8 Å². The Kier molecular flexibility index (Phi) is 6.50. The van der Waals surface area contributed by atoms with Crippen LogP contribution in [-0.4, -0.2) is 40.2 Å². The van der Waals surface area contributed by atoms with Gasteiger partial charge < -0.3 is 9.84 Å². The predicted octanol–water partition coefficient (Wildman–Crippen LogP) is 3.35. The molecule has 0 unspecified atom stereocenters. The van der Waals surface area contributed by atoms with Crippen LogP contribution < -0.4 is 4.74 Å². The van der Waals surface area contributed by atoms with E-state index in [1.165, 1.54) is 16.7 Å². The molecule has 6 heteroatoms. The molecule has 0 radical (unpaired) electrons. The molecule has 6 nitrogen and oxygen atoms in total. The zero-order valence-corrected chi connectivity index (χ0v) is 17.2. The van der Waals surface area contributed by atoms with Gasteiger partial charge in [-0.15, -0.1) is 0 Å². The van der Waals surface area contributed by atoms with Crippen molar-refractivity contribution < 1.29 is 14.6 Å². The van der Waals surface area contributed by atoms with Crippen molar-refractivity contribution in [2.24, 2.45) is 5.92 Å². The molecular weight excluding hydrogens is 366 g/mol. The molecule has 0 spiro atoms. The van der Waals surface area contributed by atoms with E-state index in [2.05, 4.69) is 41.1 Å². The van der Waals surface area contributed by atoms with Gasteiger partial charge >= 0.3 is 5.97 Å². The second kappa shape index (κ2) is 9.06. The molecule has 1 saturated heterocycles. The molecule has 0 atom stereocenters. The van der Waals surface area contributed by atoms with Crippen LogP contribution in [0.25, 0.3) is 0 Å². The topological polar surface area (TPSA) is 86.5 Å². The first-order chi connectivity index (χ1) is 13.9. The van der Waals surface area contributed by atoms with Crippen molar-refractivity contribution >= 4 is 5.97 Å². The van der Waals surface area contributed by atoms with Gasteiger partial charge in [0.2, 0.25) is 0 Å². The standard InChI is InChI=1S/C23H27N3O3/c1-15(2)29-22-11-25-21(9-19(22)10-24)7-5-17-4-6-18(16(3)8-17)12-26-13-20(14-26)23(27)28/h4,6,8-9,11,15,20H,5,7,12-14H2,1-3H3,(H,27,28). The summed E-state index contributed by atoms with van der Waals surface area (Å²) in [5.41, 5.74) is 5.07. The zero-order valence-electron chi connectivity index (χ0n) is 17.2. The summed E-state index contributed by atoms with van der Waals surface area (Å²) in [6.07, 6.45) is 3.23. The lowest BCUT2D eigenvalue weighted by molar-refractivity contribution is -0.147. The van der Waals surface area contributed by atoms with Gasteiger partial charge in [-0.1, -0.05) is 18.2 Å². The van der Waals surface area contributed by atoms with Crippen LogP contribution in [0.5, 0.6) is 5.75 Å². The highest BCUT2D eigenvalue weighted by molar-refractivity contribution is 5.71. The van der Waals surface area contributed by atoms with Gasteiger partial charge in [-0.2, -0.15) is 5.26 Å². The van der Waals surface area contributed by atoms with Gasteiger partial charge in [0, 0.05) is 25.3 Å². The summed E-state index contributed by atoms with van der Waals surface area (Å²) in [6.45, 7) is 7.98. The number of aliphatic carboxylic acids is 1. The summed E-state index contributed by atoms with van der Waals surface area (Å²) < 4.78 is 5.63. The summed E-state index contributed by atoms with van der Waals surface area (Å²) in [5.74, 6) is -0.398. The van der Waals surface area contributed by atoms with Crippen LogP contribution in [0.2, 0.25) is 0 Å². The molecule has 152 valence electrons. The molecule has 1 aromatic carbocycles. The maximum atomic E-state index is 10.9. The normalized spacial score (nSPS) is 14.4. The molecule has 1 N–H and O–H groups in total. The molecule has 2 aromatic rings. The molecule has 1 aromatic heterocycles. The molecule has 3 rings (SSSR count). The number of nitrogens with zero attached hydrogens (tertiary/aromatic N) is 3. The minimum Gasteiger partial charge on any atom is -0.488 e. The third-order valence-electron chi connectivity index (χ3n) is 5.18. The molecule has 1 aliphatic heterocycles. The maximum absolute atomic E-state index is 10.9. The van der Waals surface area contributed by atoms with Gasteiger partial charge in [0.05, 0.1) is 23.8 Å². The molecule has 0 saturated carbocycles. The Balaban J connectivity index is 1.58. The van der Waals surface area contributed by atoms with E-state index < -0.39 is 5.97 Å². The van der Waals surface area contributed by atoms with Crippen LogP contribution >= 0.6 is 0 Å². The van der Waals surface area contributed by atoms with Crippen LogP contribution in [0.1, 0.15) is 41.8 Å². The molecule has 2 heterocycles. The van der Waals surface area contributed by atoms with E-state index in [1.807, 2.05) is 19.9 Å². The lowest BCUT2D eigenvalue weighted by atomic mass is 9.97. The third-order valence-corrected chi connectivity index (χ3v) is 5.18. The molecule has 0 aliphatic carbocycles. The van der Waals surface area contributed by atoms with Gasteiger partial charge in [0.15, 0.2) is 5.75 Å². The van der Waals surface area contributed by atoms with Gasteiger partial charge in [0.25, 0.3) is 0 Å². The monoisotopic (exact) mass is 393 g/mol. The fourth-order valence-corrected chi connectivity index (χ4v) is 3.52. The smallest absolute Gasteiger partial charge is 0.309 e. The van der Waals surface area contributed by atoms with Crippen molar-refractivity contribution in [3.63, 3.8) is 0 Å². The van der Waals surface area contributed by atoms with E-state index in [0.717, 1.165) is 25.1 Å². The predicted molar refractivity (Wildman–Crippen MR) is 110 cm³/mol. The van der Waals surface area contributed by atoms with E-state index >= 15 is 0 Å². The minimum atomic E-state index is -0.703. The Morgan fingerprint density at radius 1 is 1.34 bits per heavy atom. The van der Waals surface area contributed by atoms with E-state index in [0.29, 0.717) is 24.4 Å². The van der Waals surface area contributed by atoms with E-state index in [-0.39, 0.29) is 12.0 Å². The van der Waals surface area contributed by atoms with Crippen LogP contribution in [0.15, 0.2) is 30.5 Å². The van der Waals surface area contributed by atoms with Crippen molar-refractivity contribution in [2.45, 2.75) is 46.3 Å². The number of carboxylic acid groups (broad SMARTS) is 1. The Labute approximate surface area is 171 Å². The van der Waals surface area contributed by atoms with E-state index in [4.69, 9.17) is 9.84 Å². The molecule has 0 amide bonds. The number of likely N-dealkylation sites (tertiary alicyclic amines) is 1. The van der Waals surface area contributed by atoms with Crippen molar-refractivity contribution in [1.82, 2.24) is 9.88 Å². The second-order valence-corrected chi connectivity index (χ2v) is 7.94. The molecule has 29 heavy (non-hydrogen) atoms. The number of hydrogen-bond donors (Lipinski definition) is 1. The fraction of sp³-hybridized carbons (Fsp3) is 0.435. The minimum absolute atomic E-state index is 0.00233. The van der Waals surface area contributed by atoms with Crippen molar-refractivity contribution in [2.75, 3.05) is 13.1 Å². The Morgan fingerprint density at radius 3 is 2.72 bits per heavy atom. The number of aromatic nitrogens is 1. The van der Waals surface area contributed by atoms with Crippen molar-refractivity contribution in [3.05, 3.63) is 58.4 Å². The summed E-state index contributed by atoms with van der Waals surface area (Å²) in [5, 5.41) is 18.3. The lowest BCUT2D eigenvalue weighted by Gasteiger charge is -2.36. The number of pyridine rings is 1. The van der Waals surface area contributed by atoms with Gasteiger partial charge in [0.1, 0.15) is 6.07 Å². The third kappa shape index (κ3) is 5.33. The first kappa shape index (κ1) is 20.8. The summed E-state index contributed by atoms with van der Waals surface area (Å²) >= 11 is 0. The Bertz CT molecular complexity index is 927. The largest absolute Gasteiger partial charge is 0.488 e. The Morgan fingerprint density at radius 2 is 2.10 bits per heavy atom. The number of carboxylic acids is 1. The zero-order chi connectivity index (χ0) is 21.0. The molecule has 1 aliphatic rings. The van der Waals surface area contributed by atoms with Crippen LogP contribution in [0.4, 0.5) is 0 Å². The molecule has 1 fully saturated rings. The average Bonchev–Trinajstić information content (AvgIpc) is 2.64. The number of benzene rings is 1. The lowest BCUT2D eigenvalue weighted by Crippen LogP contribution is -2.49. The maximum Gasteiger partial charge on any atom is 0.309 e. The van der Waals surface area contributed by atoms with Crippen LogP contribution in [0, 0.1) is 24.2 Å². The SMILES string of the molecule is Cc1cc(CCc2cc(C#N)c(OC(C)C)cn2)ccc1CN1CC(C(=O)O)C1. The number of hydrogen-bond acceptors (Lipinski definition) is 5. The van der Waals surface area contributed by atoms with Crippen molar-refractivity contribution in [1.29, 1.82) is 5.26 Å². The number of nitriles is 1. The number of ether oxygens (including phenoxy) is 1. The summed E-state index contributed by atoms with van der Waals surface area (Å²) in [4.78, 5) is 17.5. The first-order valence-corrected chi connectivity index (χ1v) is 9.95.